The fourth-order valence-corrected chi connectivity index (χ4v) is 2.99. The standard InChI is InChI=1S/C20H19FN2O3/c1-12-5-7-15-16(10-12)20(26)23(19(15)25)9-3-4-18(24)22-17-8-6-14(21)11-13(17)2/h5-8,10-11H,3-4,9H2,1-2H3,(H,22,24). The van der Waals surface area contributed by atoms with Crippen LogP contribution < -0.4 is 5.32 Å². The van der Waals surface area contributed by atoms with Crippen LogP contribution in [0, 0.1) is 19.7 Å². The van der Waals surface area contributed by atoms with E-state index < -0.39 is 0 Å². The molecule has 1 aliphatic heterocycles. The molecule has 0 saturated heterocycles. The maximum absolute atomic E-state index is 13.1. The quantitative estimate of drug-likeness (QED) is 0.836. The van der Waals surface area contributed by atoms with E-state index in [1.54, 1.807) is 25.1 Å². The van der Waals surface area contributed by atoms with Crippen LogP contribution in [0.3, 0.4) is 0 Å². The zero-order valence-electron chi connectivity index (χ0n) is 14.6. The number of nitrogens with one attached hydrogen (secondary N) is 1. The van der Waals surface area contributed by atoms with Crippen molar-refractivity contribution in [1.82, 2.24) is 4.90 Å². The van der Waals surface area contributed by atoms with E-state index in [-0.39, 0.29) is 36.5 Å². The number of anilines is 1. The van der Waals surface area contributed by atoms with Crippen molar-refractivity contribution in [3.63, 3.8) is 0 Å². The lowest BCUT2D eigenvalue weighted by Crippen LogP contribution is -2.31. The molecule has 26 heavy (non-hydrogen) atoms. The van der Waals surface area contributed by atoms with Gasteiger partial charge in [0.1, 0.15) is 5.82 Å². The number of halogens is 1. The molecule has 1 aliphatic rings. The van der Waals surface area contributed by atoms with Crippen LogP contribution in [0.15, 0.2) is 36.4 Å². The van der Waals surface area contributed by atoms with Crippen molar-refractivity contribution in [2.45, 2.75) is 26.7 Å². The molecule has 6 heteroatoms. The predicted molar refractivity (Wildman–Crippen MR) is 95.5 cm³/mol. The third kappa shape index (κ3) is 3.49. The average Bonchev–Trinajstić information content (AvgIpc) is 2.82. The third-order valence-corrected chi connectivity index (χ3v) is 4.37. The summed E-state index contributed by atoms with van der Waals surface area (Å²) in [5.41, 5.74) is 2.93. The lowest BCUT2D eigenvalue weighted by molar-refractivity contribution is -0.116. The molecule has 0 radical (unpaired) electrons. The molecule has 5 nitrogen and oxygen atoms in total. The summed E-state index contributed by atoms with van der Waals surface area (Å²) in [5.74, 6) is -1.24. The number of aryl methyl sites for hydroxylation is 2. The molecule has 1 heterocycles. The summed E-state index contributed by atoms with van der Waals surface area (Å²) in [7, 11) is 0. The minimum Gasteiger partial charge on any atom is -0.326 e. The van der Waals surface area contributed by atoms with Gasteiger partial charge in [-0.05, 0) is 56.2 Å². The Bertz CT molecular complexity index is 908. The molecule has 0 unspecified atom stereocenters. The number of amides is 3. The van der Waals surface area contributed by atoms with Gasteiger partial charge in [0.05, 0.1) is 11.1 Å². The first kappa shape index (κ1) is 17.8. The SMILES string of the molecule is Cc1ccc2c(c1)C(=O)N(CCCC(=O)Nc1ccc(F)cc1C)C2=O. The van der Waals surface area contributed by atoms with E-state index in [0.717, 1.165) is 5.56 Å². The molecule has 0 spiro atoms. The van der Waals surface area contributed by atoms with Gasteiger partial charge < -0.3 is 5.32 Å². The van der Waals surface area contributed by atoms with E-state index >= 15 is 0 Å². The van der Waals surface area contributed by atoms with Gasteiger partial charge in [-0.1, -0.05) is 11.6 Å². The van der Waals surface area contributed by atoms with E-state index in [2.05, 4.69) is 5.32 Å². The highest BCUT2D eigenvalue weighted by atomic mass is 19.1. The number of carbonyl (C=O) groups is 3. The molecule has 3 rings (SSSR count). The number of nitrogens with zero attached hydrogens (tertiary/aromatic N) is 1. The molecule has 0 saturated carbocycles. The Morgan fingerprint density at radius 2 is 1.77 bits per heavy atom. The zero-order valence-corrected chi connectivity index (χ0v) is 14.6. The average molecular weight is 354 g/mol. The molecule has 0 fully saturated rings. The number of benzene rings is 2. The Labute approximate surface area is 150 Å². The number of rotatable bonds is 5. The number of hydrogen-bond donors (Lipinski definition) is 1. The predicted octanol–water partition coefficient (Wildman–Crippen LogP) is 3.46. The van der Waals surface area contributed by atoms with E-state index in [1.165, 1.54) is 23.1 Å². The zero-order chi connectivity index (χ0) is 18.8. The highest BCUT2D eigenvalue weighted by Gasteiger charge is 2.34. The second-order valence-electron chi connectivity index (χ2n) is 6.42. The van der Waals surface area contributed by atoms with Crippen LogP contribution in [0.25, 0.3) is 0 Å². The number of carbonyl (C=O) groups excluding carboxylic acids is 3. The summed E-state index contributed by atoms with van der Waals surface area (Å²) in [6.07, 6.45) is 0.514. The Morgan fingerprint density at radius 3 is 2.50 bits per heavy atom. The lowest BCUT2D eigenvalue weighted by atomic mass is 10.1. The van der Waals surface area contributed by atoms with Gasteiger partial charge in [-0.2, -0.15) is 0 Å². The third-order valence-electron chi connectivity index (χ3n) is 4.37. The Hall–Kier alpha value is -3.02. The van der Waals surface area contributed by atoms with Gasteiger partial charge in [0.25, 0.3) is 11.8 Å². The van der Waals surface area contributed by atoms with Gasteiger partial charge >= 0.3 is 0 Å². The lowest BCUT2D eigenvalue weighted by Gasteiger charge is -2.13. The van der Waals surface area contributed by atoms with Crippen LogP contribution in [0.5, 0.6) is 0 Å². The van der Waals surface area contributed by atoms with Crippen LogP contribution in [0.1, 0.15) is 44.7 Å². The Balaban J connectivity index is 1.56. The van der Waals surface area contributed by atoms with Crippen LogP contribution in [-0.2, 0) is 4.79 Å². The first-order valence-electron chi connectivity index (χ1n) is 8.39. The molecule has 0 atom stereocenters. The number of fused-ring (bicyclic) bond motifs is 1. The largest absolute Gasteiger partial charge is 0.326 e. The monoisotopic (exact) mass is 354 g/mol. The summed E-state index contributed by atoms with van der Waals surface area (Å²) in [6.45, 7) is 3.75. The summed E-state index contributed by atoms with van der Waals surface area (Å²) < 4.78 is 13.1. The van der Waals surface area contributed by atoms with Crippen molar-refractivity contribution < 1.29 is 18.8 Å². The van der Waals surface area contributed by atoms with E-state index in [4.69, 9.17) is 0 Å². The molecule has 2 aromatic rings. The topological polar surface area (TPSA) is 66.5 Å². The van der Waals surface area contributed by atoms with Crippen LogP contribution in [0.4, 0.5) is 10.1 Å². The normalized spacial score (nSPS) is 13.1. The number of imide groups is 1. The maximum Gasteiger partial charge on any atom is 0.261 e. The van der Waals surface area contributed by atoms with E-state index in [1.807, 2.05) is 6.92 Å². The second-order valence-corrected chi connectivity index (χ2v) is 6.42. The van der Waals surface area contributed by atoms with Crippen LogP contribution in [0.2, 0.25) is 0 Å². The van der Waals surface area contributed by atoms with Crippen molar-refractivity contribution in [3.05, 3.63) is 64.5 Å². The van der Waals surface area contributed by atoms with E-state index in [9.17, 15) is 18.8 Å². The van der Waals surface area contributed by atoms with Gasteiger partial charge in [-0.25, -0.2) is 4.39 Å². The minimum absolute atomic E-state index is 0.156. The second kappa shape index (κ2) is 7.07. The van der Waals surface area contributed by atoms with Crippen molar-refractivity contribution in [2.75, 3.05) is 11.9 Å². The first-order chi connectivity index (χ1) is 12.4. The van der Waals surface area contributed by atoms with Crippen LogP contribution in [-0.4, -0.2) is 29.2 Å². The summed E-state index contributed by atoms with van der Waals surface area (Å²) in [4.78, 5) is 37.9. The molecule has 0 bridgehead atoms. The molecular weight excluding hydrogens is 335 g/mol. The summed E-state index contributed by atoms with van der Waals surface area (Å²) >= 11 is 0. The molecule has 1 N–H and O–H groups in total. The van der Waals surface area contributed by atoms with Crippen molar-refractivity contribution in [2.24, 2.45) is 0 Å². The first-order valence-corrected chi connectivity index (χ1v) is 8.39. The van der Waals surface area contributed by atoms with E-state index in [0.29, 0.717) is 28.8 Å². The molecule has 0 aromatic heterocycles. The van der Waals surface area contributed by atoms with Crippen molar-refractivity contribution >= 4 is 23.4 Å². The number of hydrogen-bond acceptors (Lipinski definition) is 3. The Morgan fingerprint density at radius 1 is 1.04 bits per heavy atom. The van der Waals surface area contributed by atoms with Gasteiger partial charge in [0.2, 0.25) is 5.91 Å². The minimum atomic E-state index is -0.360. The Kier molecular flexibility index (Phi) is 4.84. The molecule has 0 aliphatic carbocycles. The molecule has 2 aromatic carbocycles. The van der Waals surface area contributed by atoms with Gasteiger partial charge in [0, 0.05) is 18.7 Å². The fourth-order valence-electron chi connectivity index (χ4n) is 2.99. The highest BCUT2D eigenvalue weighted by molar-refractivity contribution is 6.21. The smallest absolute Gasteiger partial charge is 0.261 e. The van der Waals surface area contributed by atoms with Gasteiger partial charge in [0.15, 0.2) is 0 Å². The molecular formula is C20H19FN2O3. The maximum atomic E-state index is 13.1. The fraction of sp³-hybridized carbons (Fsp3) is 0.250. The summed E-state index contributed by atoms with van der Waals surface area (Å²) in [5, 5.41) is 2.72. The highest BCUT2D eigenvalue weighted by Crippen LogP contribution is 2.24. The van der Waals surface area contributed by atoms with Gasteiger partial charge in [-0.3, -0.25) is 19.3 Å². The molecule has 3 amide bonds. The van der Waals surface area contributed by atoms with Gasteiger partial charge in [-0.15, -0.1) is 0 Å². The van der Waals surface area contributed by atoms with Crippen LogP contribution >= 0.6 is 0 Å². The van der Waals surface area contributed by atoms with Crippen molar-refractivity contribution in [3.8, 4) is 0 Å². The van der Waals surface area contributed by atoms with Crippen molar-refractivity contribution in [1.29, 1.82) is 0 Å². The summed E-state index contributed by atoms with van der Waals surface area (Å²) in [6, 6.07) is 9.30. The molecule has 134 valence electrons.